The zero-order chi connectivity index (χ0) is 13.5. The van der Waals surface area contributed by atoms with Crippen LogP contribution in [0, 0.1) is 0 Å². The van der Waals surface area contributed by atoms with E-state index in [2.05, 4.69) is 22.1 Å². The van der Waals surface area contributed by atoms with E-state index < -0.39 is 5.97 Å². The van der Waals surface area contributed by atoms with Crippen LogP contribution in [0.15, 0.2) is 0 Å². The normalized spacial score (nSPS) is 11.1. The summed E-state index contributed by atoms with van der Waals surface area (Å²) in [5.41, 5.74) is 1.58. The molecular formula is C12H22N4O2. The molecule has 0 aromatic carbocycles. The molecule has 1 rings (SSSR count). The number of carboxylic acids is 1. The molecule has 1 aromatic rings. The molecule has 0 atom stereocenters. The first-order chi connectivity index (χ1) is 8.54. The van der Waals surface area contributed by atoms with E-state index >= 15 is 0 Å². The zero-order valence-corrected chi connectivity index (χ0v) is 11.4. The van der Waals surface area contributed by atoms with Crippen molar-refractivity contribution in [2.45, 2.75) is 39.2 Å². The molecule has 18 heavy (non-hydrogen) atoms. The monoisotopic (exact) mass is 254 g/mol. The third kappa shape index (κ3) is 4.44. The number of rotatable bonds is 8. The summed E-state index contributed by atoms with van der Waals surface area (Å²) in [6, 6.07) is 0. The van der Waals surface area contributed by atoms with E-state index in [9.17, 15) is 4.79 Å². The number of aliphatic carboxylic acids is 1. The fraction of sp³-hybridized carbons (Fsp3) is 0.750. The first kappa shape index (κ1) is 14.6. The van der Waals surface area contributed by atoms with Gasteiger partial charge in [-0.25, -0.2) is 4.68 Å². The van der Waals surface area contributed by atoms with Crippen molar-refractivity contribution in [3.05, 3.63) is 11.4 Å². The Hall–Kier alpha value is -1.43. The average molecular weight is 254 g/mol. The largest absolute Gasteiger partial charge is 0.481 e. The molecule has 0 aliphatic carbocycles. The molecule has 1 heterocycles. The predicted octanol–water partition coefficient (Wildman–Crippen LogP) is 0.809. The van der Waals surface area contributed by atoms with Crippen molar-refractivity contribution >= 4 is 5.97 Å². The summed E-state index contributed by atoms with van der Waals surface area (Å²) in [7, 11) is 4.06. The molecule has 0 bridgehead atoms. The highest BCUT2D eigenvalue weighted by Gasteiger charge is 2.14. The third-order valence-electron chi connectivity index (χ3n) is 2.70. The van der Waals surface area contributed by atoms with Gasteiger partial charge in [0.15, 0.2) is 0 Å². The first-order valence-electron chi connectivity index (χ1n) is 6.32. The van der Waals surface area contributed by atoms with Gasteiger partial charge in [-0.1, -0.05) is 18.6 Å². The lowest BCUT2D eigenvalue weighted by atomic mass is 10.1. The maximum Gasteiger partial charge on any atom is 0.309 e. The Balaban J connectivity index is 2.71. The Kier molecular flexibility index (Phi) is 5.77. The number of aromatic nitrogens is 3. The first-order valence-corrected chi connectivity index (χ1v) is 6.32. The van der Waals surface area contributed by atoms with E-state index in [0.29, 0.717) is 5.69 Å². The maximum absolute atomic E-state index is 10.8. The molecule has 0 saturated carbocycles. The van der Waals surface area contributed by atoms with E-state index in [1.165, 1.54) is 0 Å². The number of aryl methyl sites for hydroxylation is 1. The molecular weight excluding hydrogens is 232 g/mol. The number of hydrogen-bond donors (Lipinski definition) is 1. The van der Waals surface area contributed by atoms with Crippen molar-refractivity contribution in [2.24, 2.45) is 0 Å². The second-order valence-corrected chi connectivity index (χ2v) is 4.68. The molecule has 0 unspecified atom stereocenters. The molecule has 0 radical (unpaired) electrons. The van der Waals surface area contributed by atoms with Gasteiger partial charge < -0.3 is 10.0 Å². The minimum atomic E-state index is -0.854. The Morgan fingerprint density at radius 1 is 1.44 bits per heavy atom. The number of carboxylic acid groups (broad SMARTS) is 1. The molecule has 0 aliphatic heterocycles. The summed E-state index contributed by atoms with van der Waals surface area (Å²) >= 11 is 0. The van der Waals surface area contributed by atoms with Crippen molar-refractivity contribution < 1.29 is 9.90 Å². The van der Waals surface area contributed by atoms with E-state index in [-0.39, 0.29) is 6.42 Å². The van der Waals surface area contributed by atoms with Crippen LogP contribution < -0.4 is 0 Å². The minimum Gasteiger partial charge on any atom is -0.481 e. The van der Waals surface area contributed by atoms with Crippen LogP contribution in [-0.2, 0) is 24.2 Å². The summed E-state index contributed by atoms with van der Waals surface area (Å²) in [4.78, 5) is 12.9. The molecule has 1 N–H and O–H groups in total. The lowest BCUT2D eigenvalue weighted by Gasteiger charge is -2.10. The summed E-state index contributed by atoms with van der Waals surface area (Å²) in [5.74, 6) is -0.854. The second kappa shape index (κ2) is 7.10. The van der Waals surface area contributed by atoms with Gasteiger partial charge in [0, 0.05) is 6.54 Å². The van der Waals surface area contributed by atoms with Gasteiger partial charge in [-0.3, -0.25) is 4.79 Å². The van der Waals surface area contributed by atoms with Gasteiger partial charge in [0.2, 0.25) is 0 Å². The van der Waals surface area contributed by atoms with E-state index in [4.69, 9.17) is 5.11 Å². The maximum atomic E-state index is 10.8. The van der Waals surface area contributed by atoms with Crippen molar-refractivity contribution in [1.82, 2.24) is 19.9 Å². The van der Waals surface area contributed by atoms with Crippen molar-refractivity contribution in [3.63, 3.8) is 0 Å². The van der Waals surface area contributed by atoms with E-state index in [0.717, 1.165) is 38.0 Å². The van der Waals surface area contributed by atoms with Crippen LogP contribution in [-0.4, -0.2) is 51.6 Å². The third-order valence-corrected chi connectivity index (χ3v) is 2.70. The number of carbonyl (C=O) groups is 1. The molecule has 0 amide bonds. The lowest BCUT2D eigenvalue weighted by molar-refractivity contribution is -0.136. The van der Waals surface area contributed by atoms with Crippen LogP contribution in [0.3, 0.4) is 0 Å². The molecule has 6 nitrogen and oxygen atoms in total. The highest BCUT2D eigenvalue weighted by Crippen LogP contribution is 2.10. The van der Waals surface area contributed by atoms with Crippen LogP contribution >= 0.6 is 0 Å². The molecule has 0 saturated heterocycles. The Morgan fingerprint density at radius 3 is 2.72 bits per heavy atom. The van der Waals surface area contributed by atoms with Gasteiger partial charge in [0.1, 0.15) is 0 Å². The van der Waals surface area contributed by atoms with Gasteiger partial charge in [-0.2, -0.15) is 0 Å². The van der Waals surface area contributed by atoms with Gasteiger partial charge in [-0.15, -0.1) is 5.10 Å². The molecule has 6 heteroatoms. The predicted molar refractivity (Wildman–Crippen MR) is 68.5 cm³/mol. The topological polar surface area (TPSA) is 71.2 Å². The number of nitrogens with zero attached hydrogens (tertiary/aromatic N) is 4. The quantitative estimate of drug-likeness (QED) is 0.743. The molecule has 1 aromatic heterocycles. The minimum absolute atomic E-state index is 0.0387. The van der Waals surface area contributed by atoms with Crippen LogP contribution in [0.5, 0.6) is 0 Å². The van der Waals surface area contributed by atoms with Gasteiger partial charge in [-0.05, 0) is 33.5 Å². The van der Waals surface area contributed by atoms with Crippen molar-refractivity contribution in [1.29, 1.82) is 0 Å². The fourth-order valence-corrected chi connectivity index (χ4v) is 1.88. The number of hydrogen-bond acceptors (Lipinski definition) is 4. The Morgan fingerprint density at radius 2 is 2.17 bits per heavy atom. The SMILES string of the molecule is CCCc1c(CC(=O)O)nnn1CCCN(C)C. The molecule has 0 spiro atoms. The summed E-state index contributed by atoms with van der Waals surface area (Å²) in [6.45, 7) is 3.85. The average Bonchev–Trinajstić information content (AvgIpc) is 2.61. The zero-order valence-electron chi connectivity index (χ0n) is 11.4. The van der Waals surface area contributed by atoms with Crippen molar-refractivity contribution in [2.75, 3.05) is 20.6 Å². The van der Waals surface area contributed by atoms with Gasteiger partial charge in [0.05, 0.1) is 17.8 Å². The van der Waals surface area contributed by atoms with E-state index in [1.807, 2.05) is 18.8 Å². The van der Waals surface area contributed by atoms with Crippen LogP contribution in [0.25, 0.3) is 0 Å². The summed E-state index contributed by atoms with van der Waals surface area (Å²) in [5, 5.41) is 16.9. The highest BCUT2D eigenvalue weighted by atomic mass is 16.4. The summed E-state index contributed by atoms with van der Waals surface area (Å²) in [6.07, 6.45) is 2.74. The van der Waals surface area contributed by atoms with Crippen LogP contribution in [0.2, 0.25) is 0 Å². The molecule has 0 fully saturated rings. The Labute approximate surface area is 108 Å². The van der Waals surface area contributed by atoms with Crippen LogP contribution in [0.1, 0.15) is 31.2 Å². The standard InChI is InChI=1S/C12H22N4O2/c1-4-6-11-10(9-12(17)18)13-14-16(11)8-5-7-15(2)3/h4-9H2,1-3H3,(H,17,18). The summed E-state index contributed by atoms with van der Waals surface area (Å²) < 4.78 is 1.85. The van der Waals surface area contributed by atoms with E-state index in [1.54, 1.807) is 0 Å². The molecule has 0 aliphatic rings. The lowest BCUT2D eigenvalue weighted by Crippen LogP contribution is -2.16. The van der Waals surface area contributed by atoms with Gasteiger partial charge in [0.25, 0.3) is 0 Å². The molecule has 102 valence electrons. The Bertz CT molecular complexity index is 387. The highest BCUT2D eigenvalue weighted by molar-refractivity contribution is 5.69. The van der Waals surface area contributed by atoms with Gasteiger partial charge >= 0.3 is 5.97 Å². The smallest absolute Gasteiger partial charge is 0.309 e. The van der Waals surface area contributed by atoms with Crippen molar-refractivity contribution in [3.8, 4) is 0 Å². The van der Waals surface area contributed by atoms with Crippen LogP contribution in [0.4, 0.5) is 0 Å². The second-order valence-electron chi connectivity index (χ2n) is 4.68. The fourth-order valence-electron chi connectivity index (χ4n) is 1.88.